The van der Waals surface area contributed by atoms with Gasteiger partial charge in [-0.2, -0.15) is 0 Å². The maximum Gasteiger partial charge on any atom is 0.326 e. The number of hydrogen-bond acceptors (Lipinski definition) is 4. The van der Waals surface area contributed by atoms with Gasteiger partial charge in [-0.1, -0.05) is 77.9 Å². The molecule has 0 radical (unpaired) electrons. The van der Waals surface area contributed by atoms with Gasteiger partial charge in [-0.05, 0) is 44.0 Å². The summed E-state index contributed by atoms with van der Waals surface area (Å²) in [5, 5.41) is 2.57. The van der Waals surface area contributed by atoms with E-state index in [9.17, 15) is 14.4 Å². The van der Waals surface area contributed by atoms with Gasteiger partial charge in [0.05, 0.1) is 0 Å². The molecule has 176 valence electrons. The van der Waals surface area contributed by atoms with Crippen molar-refractivity contribution >= 4 is 17.8 Å². The zero-order valence-corrected chi connectivity index (χ0v) is 19.8. The topological polar surface area (TPSA) is 75.7 Å². The Bertz CT molecular complexity index is 1070. The first-order chi connectivity index (χ1) is 16.3. The van der Waals surface area contributed by atoms with E-state index in [2.05, 4.69) is 5.32 Å². The Kier molecular flexibility index (Phi) is 8.57. The van der Waals surface area contributed by atoms with Crippen molar-refractivity contribution in [2.24, 2.45) is 0 Å². The molecule has 1 N–H and O–H groups in total. The molecule has 0 saturated carbocycles. The summed E-state index contributed by atoms with van der Waals surface area (Å²) in [5.41, 5.74) is 4.36. The van der Waals surface area contributed by atoms with Gasteiger partial charge in [0.2, 0.25) is 0 Å². The Balaban J connectivity index is 1.60. The summed E-state index contributed by atoms with van der Waals surface area (Å²) in [6, 6.07) is 24.8. The highest BCUT2D eigenvalue weighted by molar-refractivity contribution is 5.96. The molecule has 6 nitrogen and oxygen atoms in total. The maximum absolute atomic E-state index is 13.2. The van der Waals surface area contributed by atoms with Crippen LogP contribution in [-0.2, 0) is 27.4 Å². The number of esters is 1. The molecule has 0 heterocycles. The number of amides is 2. The van der Waals surface area contributed by atoms with Crippen molar-refractivity contribution in [3.63, 3.8) is 0 Å². The molecule has 1 unspecified atom stereocenters. The van der Waals surface area contributed by atoms with Gasteiger partial charge in [0, 0.05) is 18.7 Å². The summed E-state index contributed by atoms with van der Waals surface area (Å²) >= 11 is 0. The van der Waals surface area contributed by atoms with Crippen LogP contribution in [0.2, 0.25) is 0 Å². The third-order valence-corrected chi connectivity index (χ3v) is 5.28. The third-order valence-electron chi connectivity index (χ3n) is 5.28. The van der Waals surface area contributed by atoms with Crippen LogP contribution in [-0.4, -0.2) is 35.3 Å². The van der Waals surface area contributed by atoms with Crippen LogP contribution in [0.25, 0.3) is 0 Å². The van der Waals surface area contributed by atoms with Gasteiger partial charge >= 0.3 is 5.97 Å². The fourth-order valence-corrected chi connectivity index (χ4v) is 3.73. The zero-order valence-electron chi connectivity index (χ0n) is 19.8. The van der Waals surface area contributed by atoms with Gasteiger partial charge in [-0.3, -0.25) is 14.4 Å². The monoisotopic (exact) mass is 458 g/mol. The van der Waals surface area contributed by atoms with Gasteiger partial charge in [0.1, 0.15) is 6.54 Å². The Morgan fingerprint density at radius 2 is 1.32 bits per heavy atom. The molecule has 3 rings (SSSR count). The first-order valence-corrected chi connectivity index (χ1v) is 11.2. The lowest BCUT2D eigenvalue weighted by atomic mass is 10.1. The molecule has 3 aromatic rings. The molecule has 1 atom stereocenters. The molecule has 0 aliphatic rings. The number of nitrogens with zero attached hydrogens (tertiary/aromatic N) is 1. The van der Waals surface area contributed by atoms with Crippen LogP contribution < -0.4 is 5.32 Å². The number of nitrogens with one attached hydrogen (secondary N) is 1. The van der Waals surface area contributed by atoms with Crippen molar-refractivity contribution < 1.29 is 19.1 Å². The standard InChI is InChI=1S/C28H30N2O4/c1-20-14-21(2)16-25(15-20)27(32)29-17-26(31)34-22(3)28(33)30(18-23-10-6-4-7-11-23)19-24-12-8-5-9-13-24/h4-16,22H,17-19H2,1-3H3,(H,29,32). The van der Waals surface area contributed by atoms with Crippen molar-refractivity contribution in [3.8, 4) is 0 Å². The lowest BCUT2D eigenvalue weighted by Gasteiger charge is -2.26. The minimum absolute atomic E-state index is 0.304. The predicted octanol–water partition coefficient (Wildman–Crippen LogP) is 4.19. The summed E-state index contributed by atoms with van der Waals surface area (Å²) in [6.45, 7) is 5.82. The van der Waals surface area contributed by atoms with Crippen molar-refractivity contribution in [1.82, 2.24) is 10.2 Å². The normalized spacial score (nSPS) is 11.4. The second kappa shape index (κ2) is 11.8. The van der Waals surface area contributed by atoms with Gasteiger partial charge in [-0.15, -0.1) is 0 Å². The zero-order chi connectivity index (χ0) is 24.5. The van der Waals surface area contributed by atoms with Crippen LogP contribution in [0.4, 0.5) is 0 Å². The number of carbonyl (C=O) groups excluding carboxylic acids is 3. The van der Waals surface area contributed by atoms with Gasteiger partial charge in [-0.25, -0.2) is 0 Å². The largest absolute Gasteiger partial charge is 0.451 e. The van der Waals surface area contributed by atoms with Crippen LogP contribution in [0.3, 0.4) is 0 Å². The molecular weight excluding hydrogens is 428 g/mol. The van der Waals surface area contributed by atoms with E-state index >= 15 is 0 Å². The average Bonchev–Trinajstić information content (AvgIpc) is 2.82. The number of ether oxygens (including phenoxy) is 1. The number of rotatable bonds is 9. The molecule has 6 heteroatoms. The summed E-state index contributed by atoms with van der Waals surface area (Å²) in [4.78, 5) is 39.6. The van der Waals surface area contributed by atoms with E-state index in [4.69, 9.17) is 4.74 Å². The van der Waals surface area contributed by atoms with Crippen LogP contribution in [0.1, 0.15) is 39.5 Å². The Labute approximate surface area is 200 Å². The highest BCUT2D eigenvalue weighted by Crippen LogP contribution is 2.13. The van der Waals surface area contributed by atoms with Crippen molar-refractivity contribution in [1.29, 1.82) is 0 Å². The Morgan fingerprint density at radius 1 is 0.824 bits per heavy atom. The molecule has 0 saturated heterocycles. The summed E-state index contributed by atoms with van der Waals surface area (Å²) in [7, 11) is 0. The predicted molar refractivity (Wildman–Crippen MR) is 131 cm³/mol. The smallest absolute Gasteiger partial charge is 0.326 e. The molecule has 2 amide bonds. The number of aryl methyl sites for hydroxylation is 2. The van der Waals surface area contributed by atoms with Crippen LogP contribution in [0, 0.1) is 13.8 Å². The Morgan fingerprint density at radius 3 is 1.82 bits per heavy atom. The highest BCUT2D eigenvalue weighted by atomic mass is 16.5. The first-order valence-electron chi connectivity index (χ1n) is 11.2. The van der Waals surface area contributed by atoms with Crippen molar-refractivity contribution in [2.45, 2.75) is 40.0 Å². The van der Waals surface area contributed by atoms with Crippen molar-refractivity contribution in [3.05, 3.63) is 107 Å². The minimum Gasteiger partial charge on any atom is -0.451 e. The van der Waals surface area contributed by atoms with Crippen LogP contribution >= 0.6 is 0 Å². The van der Waals surface area contributed by atoms with Crippen LogP contribution in [0.15, 0.2) is 78.9 Å². The SMILES string of the molecule is Cc1cc(C)cc(C(=O)NCC(=O)OC(C)C(=O)N(Cc2ccccc2)Cc2ccccc2)c1. The van der Waals surface area contributed by atoms with E-state index in [1.165, 1.54) is 0 Å². The first kappa shape index (κ1) is 24.7. The number of hydrogen-bond donors (Lipinski definition) is 1. The highest BCUT2D eigenvalue weighted by Gasteiger charge is 2.24. The van der Waals surface area contributed by atoms with E-state index in [1.807, 2.05) is 80.6 Å². The fourth-order valence-electron chi connectivity index (χ4n) is 3.73. The van der Waals surface area contributed by atoms with Gasteiger partial charge in [0.15, 0.2) is 6.10 Å². The second-order valence-electron chi connectivity index (χ2n) is 8.36. The summed E-state index contributed by atoms with van der Waals surface area (Å²) in [6.07, 6.45) is -0.988. The molecular formula is C28H30N2O4. The van der Waals surface area contributed by atoms with Gasteiger partial charge < -0.3 is 15.0 Å². The quantitative estimate of drug-likeness (QED) is 0.488. The summed E-state index contributed by atoms with van der Waals surface area (Å²) in [5.74, 6) is -1.34. The fraction of sp³-hybridized carbons (Fsp3) is 0.250. The lowest BCUT2D eigenvalue weighted by Crippen LogP contribution is -2.41. The molecule has 3 aromatic carbocycles. The van der Waals surface area contributed by atoms with E-state index in [0.29, 0.717) is 18.7 Å². The molecule has 0 fully saturated rings. The molecule has 0 spiro atoms. The summed E-state index contributed by atoms with van der Waals surface area (Å²) < 4.78 is 5.36. The van der Waals surface area contributed by atoms with Crippen LogP contribution in [0.5, 0.6) is 0 Å². The number of benzene rings is 3. The average molecular weight is 459 g/mol. The maximum atomic E-state index is 13.2. The lowest BCUT2D eigenvalue weighted by molar-refractivity contribution is -0.158. The van der Waals surface area contributed by atoms with Crippen molar-refractivity contribution in [2.75, 3.05) is 6.54 Å². The van der Waals surface area contributed by atoms with Gasteiger partial charge in [0.25, 0.3) is 11.8 Å². The molecule has 34 heavy (non-hydrogen) atoms. The molecule has 0 bridgehead atoms. The molecule has 0 aromatic heterocycles. The molecule has 0 aliphatic heterocycles. The Hall–Kier alpha value is -3.93. The second-order valence-corrected chi connectivity index (χ2v) is 8.36. The minimum atomic E-state index is -0.988. The number of carbonyl (C=O) groups is 3. The van der Waals surface area contributed by atoms with E-state index < -0.39 is 12.1 Å². The van der Waals surface area contributed by atoms with E-state index in [-0.39, 0.29) is 18.4 Å². The third kappa shape index (κ3) is 7.30. The van der Waals surface area contributed by atoms with E-state index in [0.717, 1.165) is 22.3 Å². The van der Waals surface area contributed by atoms with E-state index in [1.54, 1.807) is 24.0 Å². The molecule has 0 aliphatic carbocycles.